The van der Waals surface area contributed by atoms with E-state index in [4.69, 9.17) is 11.5 Å². The van der Waals surface area contributed by atoms with E-state index in [1.807, 2.05) is 0 Å². The first-order chi connectivity index (χ1) is 8.28. The Bertz CT molecular complexity index is 556. The molecule has 0 saturated heterocycles. The highest BCUT2D eigenvalue weighted by molar-refractivity contribution is 7.89. The fourth-order valence-corrected chi connectivity index (χ4v) is 2.83. The van der Waals surface area contributed by atoms with E-state index in [0.717, 1.165) is 10.4 Å². The van der Waals surface area contributed by atoms with E-state index in [-0.39, 0.29) is 22.9 Å². The number of rotatable bonds is 5. The van der Waals surface area contributed by atoms with Gasteiger partial charge in [0.15, 0.2) is 0 Å². The van der Waals surface area contributed by atoms with Gasteiger partial charge in [0.05, 0.1) is 17.1 Å². The van der Waals surface area contributed by atoms with Crippen molar-refractivity contribution in [3.05, 3.63) is 18.2 Å². The largest absolute Gasteiger partial charge is 0.506 e. The van der Waals surface area contributed by atoms with Crippen molar-refractivity contribution in [3.63, 3.8) is 0 Å². The second-order valence-electron chi connectivity index (χ2n) is 3.62. The second-order valence-corrected chi connectivity index (χ2v) is 5.56. The predicted molar refractivity (Wildman–Crippen MR) is 66.1 cm³/mol. The zero-order valence-corrected chi connectivity index (χ0v) is 10.6. The van der Waals surface area contributed by atoms with Crippen molar-refractivity contribution in [1.82, 2.24) is 4.31 Å². The Hall–Kier alpha value is -1.80. The molecule has 0 radical (unpaired) electrons. The lowest BCUT2D eigenvalue weighted by Crippen LogP contribution is -2.38. The van der Waals surface area contributed by atoms with E-state index in [1.54, 1.807) is 6.92 Å². The van der Waals surface area contributed by atoms with Crippen LogP contribution in [0.4, 0.5) is 5.69 Å². The van der Waals surface area contributed by atoms with Crippen LogP contribution in [0.3, 0.4) is 0 Å². The highest BCUT2D eigenvalue weighted by Gasteiger charge is 2.24. The first-order valence-electron chi connectivity index (χ1n) is 5.16. The monoisotopic (exact) mass is 273 g/mol. The zero-order valence-electron chi connectivity index (χ0n) is 9.83. The lowest BCUT2D eigenvalue weighted by Gasteiger charge is -2.19. The number of hydrogen-bond acceptors (Lipinski definition) is 5. The summed E-state index contributed by atoms with van der Waals surface area (Å²) >= 11 is 0. The first-order valence-corrected chi connectivity index (χ1v) is 6.60. The molecule has 7 nitrogen and oxygen atoms in total. The van der Waals surface area contributed by atoms with Crippen LogP contribution in [0, 0.1) is 0 Å². The van der Waals surface area contributed by atoms with E-state index in [0.29, 0.717) is 0 Å². The molecule has 0 saturated carbocycles. The van der Waals surface area contributed by atoms with Crippen LogP contribution in [0.15, 0.2) is 23.1 Å². The standard InChI is InChI=1S/C10H15N3O4S/c1-2-13(6-10(12)15)18(16,17)7-3-4-9(14)8(11)5-7/h3-5,14H,2,6,11H2,1H3,(H2,12,15). The molecule has 18 heavy (non-hydrogen) atoms. The van der Waals surface area contributed by atoms with Gasteiger partial charge in [-0.15, -0.1) is 0 Å². The van der Waals surface area contributed by atoms with Crippen LogP contribution in [0.2, 0.25) is 0 Å². The summed E-state index contributed by atoms with van der Waals surface area (Å²) in [7, 11) is -3.84. The van der Waals surface area contributed by atoms with Crippen molar-refractivity contribution in [1.29, 1.82) is 0 Å². The fourth-order valence-electron chi connectivity index (χ4n) is 1.38. The maximum atomic E-state index is 12.1. The summed E-state index contributed by atoms with van der Waals surface area (Å²) in [6.07, 6.45) is 0. The Morgan fingerprint density at radius 3 is 2.50 bits per heavy atom. The van der Waals surface area contributed by atoms with Crippen LogP contribution in [0.25, 0.3) is 0 Å². The highest BCUT2D eigenvalue weighted by Crippen LogP contribution is 2.25. The van der Waals surface area contributed by atoms with Gasteiger partial charge in [0.1, 0.15) is 5.75 Å². The van der Waals surface area contributed by atoms with Crippen LogP contribution in [0.1, 0.15) is 6.92 Å². The second kappa shape index (κ2) is 5.23. The third-order valence-electron chi connectivity index (χ3n) is 2.32. The van der Waals surface area contributed by atoms with Crippen molar-refractivity contribution >= 4 is 21.6 Å². The average molecular weight is 273 g/mol. The summed E-state index contributed by atoms with van der Waals surface area (Å²) in [5, 5.41) is 9.24. The molecular formula is C10H15N3O4S. The van der Waals surface area contributed by atoms with Crippen LogP contribution < -0.4 is 11.5 Å². The summed E-state index contributed by atoms with van der Waals surface area (Å²) in [6.45, 7) is 1.29. The van der Waals surface area contributed by atoms with Gasteiger partial charge >= 0.3 is 0 Å². The predicted octanol–water partition coefficient (Wildman–Crippen LogP) is -0.530. The van der Waals surface area contributed by atoms with E-state index in [2.05, 4.69) is 0 Å². The maximum absolute atomic E-state index is 12.1. The maximum Gasteiger partial charge on any atom is 0.243 e. The molecule has 0 aromatic heterocycles. The van der Waals surface area contributed by atoms with Crippen LogP contribution >= 0.6 is 0 Å². The minimum absolute atomic E-state index is 0.0498. The van der Waals surface area contributed by atoms with Crippen LogP contribution in [0.5, 0.6) is 5.75 Å². The smallest absolute Gasteiger partial charge is 0.243 e. The lowest BCUT2D eigenvalue weighted by atomic mass is 10.3. The zero-order chi connectivity index (χ0) is 13.9. The Balaban J connectivity index is 3.18. The van der Waals surface area contributed by atoms with Gasteiger partial charge in [-0.1, -0.05) is 6.92 Å². The third kappa shape index (κ3) is 2.90. The Morgan fingerprint density at radius 1 is 1.44 bits per heavy atom. The number of nitrogens with zero attached hydrogens (tertiary/aromatic N) is 1. The van der Waals surface area contributed by atoms with Crippen molar-refractivity contribution in [2.45, 2.75) is 11.8 Å². The summed E-state index contributed by atoms with van der Waals surface area (Å²) < 4.78 is 25.2. The van der Waals surface area contributed by atoms with Gasteiger partial charge in [-0.05, 0) is 18.2 Å². The summed E-state index contributed by atoms with van der Waals surface area (Å²) in [6, 6.07) is 3.53. The minimum atomic E-state index is -3.84. The average Bonchev–Trinajstić information content (AvgIpc) is 2.28. The number of benzene rings is 1. The van der Waals surface area contributed by atoms with Gasteiger partial charge < -0.3 is 16.6 Å². The number of likely N-dealkylation sites (N-methyl/N-ethyl adjacent to an activating group) is 1. The highest BCUT2D eigenvalue weighted by atomic mass is 32.2. The molecule has 1 aromatic carbocycles. The van der Waals surface area contributed by atoms with Gasteiger partial charge in [0.25, 0.3) is 0 Å². The Labute approximate surface area is 105 Å². The van der Waals surface area contributed by atoms with E-state index in [1.165, 1.54) is 12.1 Å². The number of nitrogens with two attached hydrogens (primary N) is 2. The molecule has 0 aliphatic rings. The number of phenols is 1. The summed E-state index contributed by atoms with van der Waals surface area (Å²) in [5.74, 6) is -0.945. The molecule has 1 rings (SSSR count). The third-order valence-corrected chi connectivity index (χ3v) is 4.24. The van der Waals surface area contributed by atoms with Gasteiger partial charge in [0.2, 0.25) is 15.9 Å². The molecule has 0 heterocycles. The van der Waals surface area contributed by atoms with Crippen LogP contribution in [-0.4, -0.2) is 36.8 Å². The van der Waals surface area contributed by atoms with Crippen molar-refractivity contribution in [2.24, 2.45) is 5.73 Å². The molecule has 1 amide bonds. The molecule has 0 unspecified atom stereocenters. The van der Waals surface area contributed by atoms with Gasteiger partial charge in [-0.3, -0.25) is 4.79 Å². The van der Waals surface area contributed by atoms with Gasteiger partial charge in [0, 0.05) is 6.54 Å². The van der Waals surface area contributed by atoms with Crippen molar-refractivity contribution in [3.8, 4) is 5.75 Å². The quantitative estimate of drug-likeness (QED) is 0.491. The molecule has 5 N–H and O–H groups in total. The van der Waals surface area contributed by atoms with Gasteiger partial charge in [-0.2, -0.15) is 4.31 Å². The van der Waals surface area contributed by atoms with Crippen molar-refractivity contribution in [2.75, 3.05) is 18.8 Å². The molecule has 0 aliphatic heterocycles. The number of hydrogen-bond donors (Lipinski definition) is 3. The molecule has 0 fully saturated rings. The molecular weight excluding hydrogens is 258 g/mol. The number of aromatic hydroxyl groups is 1. The van der Waals surface area contributed by atoms with E-state index < -0.39 is 22.5 Å². The number of phenolic OH excluding ortho intramolecular Hbond substituents is 1. The summed E-state index contributed by atoms with van der Waals surface area (Å²) in [5.41, 5.74) is 10.4. The number of carbonyl (C=O) groups excluding carboxylic acids is 1. The molecule has 8 heteroatoms. The molecule has 0 spiro atoms. The van der Waals surface area contributed by atoms with E-state index >= 15 is 0 Å². The lowest BCUT2D eigenvalue weighted by molar-refractivity contribution is -0.118. The topological polar surface area (TPSA) is 127 Å². The minimum Gasteiger partial charge on any atom is -0.506 e. The Morgan fingerprint density at radius 2 is 2.06 bits per heavy atom. The first kappa shape index (κ1) is 14.3. The van der Waals surface area contributed by atoms with Gasteiger partial charge in [-0.25, -0.2) is 8.42 Å². The molecule has 0 atom stereocenters. The SMILES string of the molecule is CCN(CC(N)=O)S(=O)(=O)c1ccc(O)c(N)c1. The van der Waals surface area contributed by atoms with Crippen LogP contribution in [-0.2, 0) is 14.8 Å². The summed E-state index contributed by atoms with van der Waals surface area (Å²) in [4.78, 5) is 10.7. The number of carbonyl (C=O) groups is 1. The van der Waals surface area contributed by atoms with E-state index in [9.17, 15) is 18.3 Å². The van der Waals surface area contributed by atoms with Crippen molar-refractivity contribution < 1.29 is 18.3 Å². The molecule has 0 aliphatic carbocycles. The molecule has 1 aromatic rings. The number of sulfonamides is 1. The molecule has 100 valence electrons. The normalized spacial score (nSPS) is 11.7. The Kier molecular flexibility index (Phi) is 4.15. The number of nitrogen functional groups attached to an aromatic ring is 1. The number of primary amides is 1. The fraction of sp³-hybridized carbons (Fsp3) is 0.300. The molecule has 0 bridgehead atoms. The number of amides is 1. The number of anilines is 1.